The highest BCUT2D eigenvalue weighted by atomic mass is 16.5. The summed E-state index contributed by atoms with van der Waals surface area (Å²) in [4.78, 5) is 2.54. The van der Waals surface area contributed by atoms with E-state index in [4.69, 9.17) is 9.47 Å². The van der Waals surface area contributed by atoms with Gasteiger partial charge in [0.1, 0.15) is 0 Å². The summed E-state index contributed by atoms with van der Waals surface area (Å²) < 4.78 is 10.5. The van der Waals surface area contributed by atoms with E-state index in [1.54, 1.807) is 7.11 Å². The van der Waals surface area contributed by atoms with Gasteiger partial charge in [-0.15, -0.1) is 0 Å². The number of piperidine rings is 1. The van der Waals surface area contributed by atoms with E-state index in [1.807, 2.05) is 0 Å². The van der Waals surface area contributed by atoms with Crippen LogP contribution < -0.4 is 0 Å². The Morgan fingerprint density at radius 3 is 2.53 bits per heavy atom. The number of ether oxygens (including phenoxy) is 2. The molecule has 0 aliphatic carbocycles. The summed E-state index contributed by atoms with van der Waals surface area (Å²) >= 11 is 0. The minimum absolute atomic E-state index is 0.843. The van der Waals surface area contributed by atoms with Gasteiger partial charge < -0.3 is 14.4 Å². The lowest BCUT2D eigenvalue weighted by Crippen LogP contribution is -2.36. The van der Waals surface area contributed by atoms with Gasteiger partial charge in [-0.1, -0.05) is 12.8 Å². The highest BCUT2D eigenvalue weighted by molar-refractivity contribution is 4.72. The number of nitrogens with zero attached hydrogens (tertiary/aromatic N) is 1. The van der Waals surface area contributed by atoms with E-state index in [2.05, 4.69) is 11.8 Å². The molecule has 102 valence electrons. The van der Waals surface area contributed by atoms with Gasteiger partial charge in [-0.25, -0.2) is 0 Å². The molecule has 17 heavy (non-hydrogen) atoms. The van der Waals surface area contributed by atoms with Crippen molar-refractivity contribution in [1.82, 2.24) is 4.90 Å². The number of likely N-dealkylation sites (tertiary alicyclic amines) is 1. The van der Waals surface area contributed by atoms with Crippen LogP contribution in [0.15, 0.2) is 0 Å². The van der Waals surface area contributed by atoms with Gasteiger partial charge in [-0.05, 0) is 45.2 Å². The Balaban J connectivity index is 1.97. The van der Waals surface area contributed by atoms with E-state index >= 15 is 0 Å². The number of rotatable bonds is 9. The topological polar surface area (TPSA) is 21.7 Å². The van der Waals surface area contributed by atoms with Gasteiger partial charge in [-0.2, -0.15) is 0 Å². The summed E-state index contributed by atoms with van der Waals surface area (Å²) in [5.41, 5.74) is 0. The zero-order valence-electron chi connectivity index (χ0n) is 11.6. The second-order valence-electron chi connectivity index (χ2n) is 4.97. The maximum Gasteiger partial charge on any atom is 0.0593 e. The van der Waals surface area contributed by atoms with Crippen molar-refractivity contribution in [3.63, 3.8) is 0 Å². The molecule has 1 aliphatic rings. The van der Waals surface area contributed by atoms with Gasteiger partial charge >= 0.3 is 0 Å². The molecular formula is C14H29NO2. The third-order valence-electron chi connectivity index (χ3n) is 3.67. The van der Waals surface area contributed by atoms with Crippen LogP contribution in [0.25, 0.3) is 0 Å². The predicted octanol–water partition coefficient (Wildman–Crippen LogP) is 2.55. The molecule has 0 aromatic carbocycles. The molecule has 0 spiro atoms. The monoisotopic (exact) mass is 243 g/mol. The second-order valence-corrected chi connectivity index (χ2v) is 4.97. The fourth-order valence-electron chi connectivity index (χ4n) is 2.52. The average molecular weight is 243 g/mol. The molecule has 0 bridgehead atoms. The van der Waals surface area contributed by atoms with Crippen LogP contribution in [0, 0.1) is 5.92 Å². The lowest BCUT2D eigenvalue weighted by atomic mass is 9.91. The van der Waals surface area contributed by atoms with Gasteiger partial charge in [0.25, 0.3) is 0 Å². The number of methoxy groups -OCH3 is 1. The second kappa shape index (κ2) is 9.86. The molecule has 1 aliphatic heterocycles. The molecule has 0 N–H and O–H groups in total. The van der Waals surface area contributed by atoms with Gasteiger partial charge in [0.2, 0.25) is 0 Å². The number of hydrogen-bond acceptors (Lipinski definition) is 3. The van der Waals surface area contributed by atoms with Crippen molar-refractivity contribution in [3.05, 3.63) is 0 Å². The highest BCUT2D eigenvalue weighted by Gasteiger charge is 2.18. The van der Waals surface area contributed by atoms with Gasteiger partial charge in [0.05, 0.1) is 6.61 Å². The van der Waals surface area contributed by atoms with E-state index in [9.17, 15) is 0 Å². The van der Waals surface area contributed by atoms with Crippen molar-refractivity contribution in [1.29, 1.82) is 0 Å². The van der Waals surface area contributed by atoms with Crippen LogP contribution >= 0.6 is 0 Å². The van der Waals surface area contributed by atoms with Crippen LogP contribution in [-0.4, -0.2) is 51.5 Å². The average Bonchev–Trinajstić information content (AvgIpc) is 2.37. The quantitative estimate of drug-likeness (QED) is 0.581. The summed E-state index contributed by atoms with van der Waals surface area (Å²) in [6.07, 6.45) is 6.69. The number of hydrogen-bond donors (Lipinski definition) is 0. The van der Waals surface area contributed by atoms with Crippen molar-refractivity contribution in [2.24, 2.45) is 5.92 Å². The van der Waals surface area contributed by atoms with Crippen molar-refractivity contribution < 1.29 is 9.47 Å². The zero-order chi connectivity index (χ0) is 12.3. The van der Waals surface area contributed by atoms with E-state index in [0.717, 1.165) is 32.3 Å². The molecule has 0 saturated carbocycles. The predicted molar refractivity (Wildman–Crippen MR) is 71.4 cm³/mol. The van der Waals surface area contributed by atoms with Crippen molar-refractivity contribution in [2.75, 3.05) is 46.6 Å². The lowest BCUT2D eigenvalue weighted by Gasteiger charge is -2.31. The van der Waals surface area contributed by atoms with Gasteiger partial charge in [0.15, 0.2) is 0 Å². The van der Waals surface area contributed by atoms with Crippen molar-refractivity contribution >= 4 is 0 Å². The Kier molecular flexibility index (Phi) is 8.67. The Bertz CT molecular complexity index is 168. The SMILES string of the molecule is CCOCCN1CCC(CCCCOC)CC1. The van der Waals surface area contributed by atoms with Gasteiger partial charge in [-0.3, -0.25) is 0 Å². The zero-order valence-corrected chi connectivity index (χ0v) is 11.6. The third kappa shape index (κ3) is 7.02. The van der Waals surface area contributed by atoms with Crippen LogP contribution in [0.3, 0.4) is 0 Å². The maximum atomic E-state index is 5.40. The first-order valence-corrected chi connectivity index (χ1v) is 7.15. The van der Waals surface area contributed by atoms with Crippen LogP contribution in [0.4, 0.5) is 0 Å². The molecule has 3 nitrogen and oxygen atoms in total. The fourth-order valence-corrected chi connectivity index (χ4v) is 2.52. The summed E-state index contributed by atoms with van der Waals surface area (Å²) in [6, 6.07) is 0. The first-order chi connectivity index (χ1) is 8.36. The number of unbranched alkanes of at least 4 members (excludes halogenated alkanes) is 1. The molecule has 0 aromatic heterocycles. The third-order valence-corrected chi connectivity index (χ3v) is 3.67. The van der Waals surface area contributed by atoms with Gasteiger partial charge in [0, 0.05) is 26.9 Å². The summed E-state index contributed by atoms with van der Waals surface area (Å²) in [5.74, 6) is 0.954. The summed E-state index contributed by atoms with van der Waals surface area (Å²) in [7, 11) is 1.79. The first-order valence-electron chi connectivity index (χ1n) is 7.15. The largest absolute Gasteiger partial charge is 0.385 e. The molecule has 3 heteroatoms. The Morgan fingerprint density at radius 1 is 1.12 bits per heavy atom. The Morgan fingerprint density at radius 2 is 1.88 bits per heavy atom. The Hall–Kier alpha value is -0.120. The van der Waals surface area contributed by atoms with E-state index < -0.39 is 0 Å². The lowest BCUT2D eigenvalue weighted by molar-refractivity contribution is 0.0938. The molecular weight excluding hydrogens is 214 g/mol. The van der Waals surface area contributed by atoms with E-state index in [-0.39, 0.29) is 0 Å². The van der Waals surface area contributed by atoms with Crippen LogP contribution in [-0.2, 0) is 9.47 Å². The fraction of sp³-hybridized carbons (Fsp3) is 1.00. The molecule has 1 rings (SSSR count). The van der Waals surface area contributed by atoms with Crippen LogP contribution in [0.1, 0.15) is 39.0 Å². The molecule has 0 radical (unpaired) electrons. The summed E-state index contributed by atoms with van der Waals surface area (Å²) in [6.45, 7) is 8.37. The molecule has 1 fully saturated rings. The van der Waals surface area contributed by atoms with Crippen LogP contribution in [0.2, 0.25) is 0 Å². The summed E-state index contributed by atoms with van der Waals surface area (Å²) in [5, 5.41) is 0. The molecule has 0 unspecified atom stereocenters. The Labute approximate surface area is 106 Å². The smallest absolute Gasteiger partial charge is 0.0593 e. The molecule has 1 heterocycles. The maximum absolute atomic E-state index is 5.40. The normalized spacial score (nSPS) is 18.7. The van der Waals surface area contributed by atoms with E-state index in [0.29, 0.717) is 0 Å². The minimum atomic E-state index is 0.843. The standard InChI is InChI=1S/C14H29NO2/c1-3-17-13-11-15-9-7-14(8-10-15)6-4-5-12-16-2/h14H,3-13H2,1-2H3. The van der Waals surface area contributed by atoms with Crippen molar-refractivity contribution in [3.8, 4) is 0 Å². The molecule has 0 aromatic rings. The van der Waals surface area contributed by atoms with Crippen molar-refractivity contribution in [2.45, 2.75) is 39.0 Å². The minimum Gasteiger partial charge on any atom is -0.385 e. The first kappa shape index (κ1) is 14.9. The van der Waals surface area contributed by atoms with Crippen LogP contribution in [0.5, 0.6) is 0 Å². The van der Waals surface area contributed by atoms with E-state index in [1.165, 1.54) is 45.2 Å². The molecule has 0 atom stereocenters. The highest BCUT2D eigenvalue weighted by Crippen LogP contribution is 2.22. The molecule has 0 amide bonds. The molecule has 1 saturated heterocycles.